The molecule has 6 nitrogen and oxygen atoms in total. The molecule has 0 aliphatic carbocycles. The van der Waals surface area contributed by atoms with Gasteiger partial charge in [0.05, 0.1) is 0 Å². The zero-order chi connectivity index (χ0) is 18.6. The van der Waals surface area contributed by atoms with Gasteiger partial charge in [-0.2, -0.15) is 0 Å². The Morgan fingerprint density at radius 3 is 2.54 bits per heavy atom. The second-order valence-corrected chi connectivity index (χ2v) is 5.89. The molecule has 3 N–H and O–H groups in total. The molecule has 1 aromatic heterocycles. The summed E-state index contributed by atoms with van der Waals surface area (Å²) in [7, 11) is 0. The fourth-order valence-corrected chi connectivity index (χ4v) is 2.45. The lowest BCUT2D eigenvalue weighted by Gasteiger charge is -2.11. The highest BCUT2D eigenvalue weighted by molar-refractivity contribution is 5.88. The topological polar surface area (TPSA) is 78.4 Å². The quantitative estimate of drug-likeness (QED) is 0.503. The average Bonchev–Trinajstić information content (AvgIpc) is 2.63. The molecule has 2 rings (SSSR count). The van der Waals surface area contributed by atoms with Crippen LogP contribution < -0.4 is 16.0 Å². The number of rotatable bonds is 8. The Balaban J connectivity index is 1.78. The number of nitrogens with zero attached hydrogens (tertiary/aromatic N) is 2. The maximum Gasteiger partial charge on any atom is 0.221 e. The molecular weight excluding hydrogens is 326 g/mol. The Labute approximate surface area is 155 Å². The number of carbonyl (C=O) groups excluding carboxylic acids is 1. The molecule has 0 bridgehead atoms. The minimum Gasteiger partial charge on any atom is -0.357 e. The fraction of sp³-hybridized carbons (Fsp3) is 0.350. The first kappa shape index (κ1) is 19.4. The Kier molecular flexibility index (Phi) is 8.12. The molecule has 1 aromatic carbocycles. The van der Waals surface area contributed by atoms with E-state index < -0.39 is 0 Å². The van der Waals surface area contributed by atoms with Gasteiger partial charge in [0, 0.05) is 50.6 Å². The number of hydrogen-bond acceptors (Lipinski definition) is 3. The fourth-order valence-electron chi connectivity index (χ4n) is 2.45. The Morgan fingerprint density at radius 2 is 1.88 bits per heavy atom. The van der Waals surface area contributed by atoms with Crippen molar-refractivity contribution in [2.24, 2.45) is 4.99 Å². The van der Waals surface area contributed by atoms with Crippen LogP contribution in [0.5, 0.6) is 0 Å². The maximum atomic E-state index is 11.0. The number of amides is 1. The van der Waals surface area contributed by atoms with Gasteiger partial charge in [-0.25, -0.2) is 0 Å². The van der Waals surface area contributed by atoms with E-state index in [1.54, 1.807) is 6.20 Å². The first-order valence-electron chi connectivity index (χ1n) is 8.96. The smallest absolute Gasteiger partial charge is 0.221 e. The third-order valence-electron chi connectivity index (χ3n) is 3.69. The van der Waals surface area contributed by atoms with E-state index in [2.05, 4.69) is 32.9 Å². The summed E-state index contributed by atoms with van der Waals surface area (Å²) in [6.07, 6.45) is 3.51. The van der Waals surface area contributed by atoms with Gasteiger partial charge in [0.1, 0.15) is 0 Å². The second-order valence-electron chi connectivity index (χ2n) is 5.89. The summed E-state index contributed by atoms with van der Waals surface area (Å²) in [6, 6.07) is 13.8. The number of hydrogen-bond donors (Lipinski definition) is 3. The number of aromatic nitrogens is 1. The molecule has 0 fully saturated rings. The predicted molar refractivity (Wildman–Crippen MR) is 106 cm³/mol. The van der Waals surface area contributed by atoms with Crippen molar-refractivity contribution in [1.82, 2.24) is 15.6 Å². The summed E-state index contributed by atoms with van der Waals surface area (Å²) in [5.74, 6) is 0.759. The van der Waals surface area contributed by atoms with Gasteiger partial charge < -0.3 is 16.0 Å². The first-order valence-corrected chi connectivity index (χ1v) is 8.96. The van der Waals surface area contributed by atoms with E-state index in [0.29, 0.717) is 6.54 Å². The molecule has 0 saturated carbocycles. The van der Waals surface area contributed by atoms with E-state index in [1.165, 1.54) is 12.5 Å². The lowest BCUT2D eigenvalue weighted by Crippen LogP contribution is -2.38. The van der Waals surface area contributed by atoms with Crippen LogP contribution in [0.2, 0.25) is 0 Å². The van der Waals surface area contributed by atoms with Gasteiger partial charge in [-0.3, -0.25) is 14.8 Å². The molecular formula is C20H27N5O. The van der Waals surface area contributed by atoms with Crippen molar-refractivity contribution in [2.45, 2.75) is 26.7 Å². The Hall–Kier alpha value is -2.89. The van der Waals surface area contributed by atoms with Crippen molar-refractivity contribution in [2.75, 3.05) is 25.0 Å². The van der Waals surface area contributed by atoms with E-state index in [9.17, 15) is 4.79 Å². The van der Waals surface area contributed by atoms with Gasteiger partial charge in [-0.05, 0) is 43.2 Å². The van der Waals surface area contributed by atoms with Crippen molar-refractivity contribution < 1.29 is 4.79 Å². The van der Waals surface area contributed by atoms with Crippen LogP contribution in [0.3, 0.4) is 0 Å². The molecule has 0 unspecified atom stereocenters. The van der Waals surface area contributed by atoms with E-state index >= 15 is 0 Å². The van der Waals surface area contributed by atoms with Crippen LogP contribution in [0.1, 0.15) is 25.1 Å². The highest BCUT2D eigenvalue weighted by Crippen LogP contribution is 2.09. The van der Waals surface area contributed by atoms with E-state index in [-0.39, 0.29) is 5.91 Å². The lowest BCUT2D eigenvalue weighted by molar-refractivity contribution is -0.114. The number of benzene rings is 1. The van der Waals surface area contributed by atoms with E-state index in [0.717, 1.165) is 43.3 Å². The van der Waals surface area contributed by atoms with Crippen molar-refractivity contribution in [3.8, 4) is 0 Å². The van der Waals surface area contributed by atoms with Crippen molar-refractivity contribution in [3.05, 3.63) is 59.9 Å². The predicted octanol–water partition coefficient (Wildman–Crippen LogP) is 2.38. The lowest BCUT2D eigenvalue weighted by atomic mass is 10.1. The zero-order valence-corrected chi connectivity index (χ0v) is 15.5. The molecule has 0 aliphatic rings. The maximum absolute atomic E-state index is 11.0. The number of nitrogens with one attached hydrogen (secondary N) is 3. The molecule has 0 radical (unpaired) electrons. The minimum atomic E-state index is -0.0587. The number of carbonyl (C=O) groups is 1. The molecule has 0 spiro atoms. The van der Waals surface area contributed by atoms with Crippen LogP contribution in [0.25, 0.3) is 0 Å². The summed E-state index contributed by atoms with van der Waals surface area (Å²) in [5.41, 5.74) is 3.07. The normalized spacial score (nSPS) is 11.1. The second kappa shape index (κ2) is 10.9. The van der Waals surface area contributed by atoms with Gasteiger partial charge >= 0.3 is 0 Å². The van der Waals surface area contributed by atoms with Crippen molar-refractivity contribution in [1.29, 1.82) is 0 Å². The summed E-state index contributed by atoms with van der Waals surface area (Å²) in [6.45, 7) is 5.86. The first-order chi connectivity index (χ1) is 12.7. The molecule has 6 heteroatoms. The summed E-state index contributed by atoms with van der Waals surface area (Å²) >= 11 is 0. The largest absolute Gasteiger partial charge is 0.357 e. The standard InChI is InChI=1S/C20H27N5O/c1-3-21-20(24-15-12-18-6-4-5-13-22-18)23-14-11-17-7-9-19(10-8-17)25-16(2)26/h4-10,13H,3,11-12,14-15H2,1-2H3,(H,25,26)(H2,21,23,24). The van der Waals surface area contributed by atoms with Crippen LogP contribution >= 0.6 is 0 Å². The van der Waals surface area contributed by atoms with E-state index in [4.69, 9.17) is 0 Å². The Morgan fingerprint density at radius 1 is 1.08 bits per heavy atom. The third-order valence-corrected chi connectivity index (χ3v) is 3.69. The van der Waals surface area contributed by atoms with Gasteiger partial charge in [0.15, 0.2) is 5.96 Å². The van der Waals surface area contributed by atoms with Gasteiger partial charge in [-0.15, -0.1) is 0 Å². The van der Waals surface area contributed by atoms with Crippen LogP contribution in [0.4, 0.5) is 5.69 Å². The summed E-state index contributed by atoms with van der Waals surface area (Å²) in [5, 5.41) is 9.38. The SMILES string of the molecule is CCNC(=NCCc1ccccn1)NCCc1ccc(NC(C)=O)cc1. The molecule has 0 aliphatic heterocycles. The number of aliphatic imine (C=N–C) groups is 1. The Bertz CT molecular complexity index is 698. The van der Waals surface area contributed by atoms with Crippen LogP contribution in [-0.4, -0.2) is 36.5 Å². The van der Waals surface area contributed by atoms with Crippen molar-refractivity contribution in [3.63, 3.8) is 0 Å². The summed E-state index contributed by atoms with van der Waals surface area (Å²) < 4.78 is 0. The third kappa shape index (κ3) is 7.34. The number of pyridine rings is 1. The number of anilines is 1. The van der Waals surface area contributed by atoms with Crippen LogP contribution in [0, 0.1) is 0 Å². The molecule has 2 aromatic rings. The van der Waals surface area contributed by atoms with Crippen molar-refractivity contribution >= 4 is 17.6 Å². The summed E-state index contributed by atoms with van der Waals surface area (Å²) in [4.78, 5) is 19.9. The molecule has 0 saturated heterocycles. The molecule has 138 valence electrons. The number of guanidine groups is 1. The molecule has 1 amide bonds. The van der Waals surface area contributed by atoms with Gasteiger partial charge in [-0.1, -0.05) is 18.2 Å². The zero-order valence-electron chi connectivity index (χ0n) is 15.5. The van der Waals surface area contributed by atoms with Gasteiger partial charge in [0.2, 0.25) is 5.91 Å². The van der Waals surface area contributed by atoms with Gasteiger partial charge in [0.25, 0.3) is 0 Å². The monoisotopic (exact) mass is 353 g/mol. The molecule has 0 atom stereocenters. The minimum absolute atomic E-state index is 0.0587. The molecule has 26 heavy (non-hydrogen) atoms. The average molecular weight is 353 g/mol. The van der Waals surface area contributed by atoms with Crippen LogP contribution in [-0.2, 0) is 17.6 Å². The van der Waals surface area contributed by atoms with Crippen LogP contribution in [0.15, 0.2) is 53.7 Å². The molecule has 1 heterocycles. The van der Waals surface area contributed by atoms with E-state index in [1.807, 2.05) is 42.5 Å². The highest BCUT2D eigenvalue weighted by Gasteiger charge is 2.00. The highest BCUT2D eigenvalue weighted by atomic mass is 16.1.